The van der Waals surface area contributed by atoms with Gasteiger partial charge in [-0.1, -0.05) is 12.1 Å². The van der Waals surface area contributed by atoms with Gasteiger partial charge in [-0.2, -0.15) is 9.97 Å². The zero-order valence-corrected chi connectivity index (χ0v) is 28.0. The van der Waals surface area contributed by atoms with E-state index >= 15 is 0 Å². The molecule has 4 atom stereocenters. The number of nitrogen functional groups attached to an aromatic ring is 1. The molecule has 1 aliphatic rings. The fourth-order valence-electron chi connectivity index (χ4n) is 5.94. The maximum absolute atomic E-state index is 13.2. The van der Waals surface area contributed by atoms with E-state index in [2.05, 4.69) is 35.9 Å². The van der Waals surface area contributed by atoms with Gasteiger partial charge in [0.2, 0.25) is 17.7 Å². The van der Waals surface area contributed by atoms with E-state index in [9.17, 15) is 34.2 Å². The maximum atomic E-state index is 13.2. The van der Waals surface area contributed by atoms with Crippen LogP contribution < -0.4 is 32.9 Å². The third kappa shape index (κ3) is 6.19. The number of carbonyl (C=O) groups is 3. The predicted molar refractivity (Wildman–Crippen MR) is 182 cm³/mol. The van der Waals surface area contributed by atoms with E-state index in [4.69, 9.17) is 10.5 Å². The van der Waals surface area contributed by atoms with Gasteiger partial charge < -0.3 is 35.9 Å². The van der Waals surface area contributed by atoms with Crippen LogP contribution in [0.5, 0.6) is 0 Å². The third-order valence-electron chi connectivity index (χ3n) is 8.48. The van der Waals surface area contributed by atoms with Crippen LogP contribution in [-0.4, -0.2) is 91.0 Å². The first-order chi connectivity index (χ1) is 24.4. The normalized spacial score (nSPS) is 18.7. The molecule has 1 aromatic carbocycles. The van der Waals surface area contributed by atoms with Gasteiger partial charge in [0.15, 0.2) is 35.0 Å². The van der Waals surface area contributed by atoms with Gasteiger partial charge in [-0.15, -0.1) is 0 Å². The van der Waals surface area contributed by atoms with E-state index < -0.39 is 53.5 Å². The molecule has 0 unspecified atom stereocenters. The molecule has 0 bridgehead atoms. The highest BCUT2D eigenvalue weighted by Crippen LogP contribution is 2.32. The standard InChI is InChI=1S/C31H36N12O8/c1-5-33-26(47)21-19(45)20(46)29(51-21)43-13-34-17-22(32)37-30(39-23(17)43)36-16(44)12-14-8-10-15(11-9-14)35-27(48)25-38-24-18(40(25)4)28(49)42(7-3)31(50)41(24)6-2/h8-11,13,19-21,29,45-46H,5-7,12H2,1-4H3,(H,33,47)(H,35,48)(H3,32,36,37,39,44)/t19-,20+,21-,29+/m0/s1. The van der Waals surface area contributed by atoms with Crippen molar-refractivity contribution in [1.82, 2.24) is 43.5 Å². The Balaban J connectivity index is 1.14. The van der Waals surface area contributed by atoms with Crippen LogP contribution in [0, 0.1) is 0 Å². The Kier molecular flexibility index (Phi) is 9.38. The fraction of sp³-hybridized carbons (Fsp3) is 0.387. The number of aliphatic hydroxyl groups is 2. The molecule has 1 aliphatic heterocycles. The first-order valence-electron chi connectivity index (χ1n) is 16.1. The quantitative estimate of drug-likeness (QED) is 0.100. The predicted octanol–water partition coefficient (Wildman–Crippen LogP) is -1.15. The minimum atomic E-state index is -1.52. The zero-order chi connectivity index (χ0) is 36.7. The zero-order valence-electron chi connectivity index (χ0n) is 28.0. The Morgan fingerprint density at radius 1 is 0.941 bits per heavy atom. The number of likely N-dealkylation sites (N-methyl/N-ethyl adjacent to an activating group) is 1. The van der Waals surface area contributed by atoms with Gasteiger partial charge in [0, 0.05) is 32.4 Å². The highest BCUT2D eigenvalue weighted by Gasteiger charge is 2.47. The summed E-state index contributed by atoms with van der Waals surface area (Å²) >= 11 is 0. The van der Waals surface area contributed by atoms with Crippen LogP contribution in [0.3, 0.4) is 0 Å². The summed E-state index contributed by atoms with van der Waals surface area (Å²) in [4.78, 5) is 81.1. The summed E-state index contributed by atoms with van der Waals surface area (Å²) in [6, 6.07) is 6.43. The number of hydrogen-bond acceptors (Lipinski definition) is 13. The molecule has 4 aromatic heterocycles. The van der Waals surface area contributed by atoms with Crippen LogP contribution in [0.2, 0.25) is 0 Å². The molecule has 7 N–H and O–H groups in total. The topological polar surface area (TPSA) is 268 Å². The average Bonchev–Trinajstić information content (AvgIpc) is 3.76. The number of aryl methyl sites for hydroxylation is 2. The molecule has 5 heterocycles. The van der Waals surface area contributed by atoms with Crippen molar-refractivity contribution < 1.29 is 29.3 Å². The molecule has 20 nitrogen and oxygen atoms in total. The van der Waals surface area contributed by atoms with E-state index in [0.29, 0.717) is 17.8 Å². The number of fused-ring (bicyclic) bond motifs is 2. The van der Waals surface area contributed by atoms with E-state index in [-0.39, 0.29) is 59.4 Å². The van der Waals surface area contributed by atoms with Crippen molar-refractivity contribution in [2.24, 2.45) is 7.05 Å². The van der Waals surface area contributed by atoms with Crippen LogP contribution in [-0.2, 0) is 40.9 Å². The number of aliphatic hydroxyl groups excluding tert-OH is 2. The van der Waals surface area contributed by atoms with Crippen LogP contribution in [0.15, 0.2) is 40.2 Å². The summed E-state index contributed by atoms with van der Waals surface area (Å²) in [5.41, 5.74) is 6.49. The van der Waals surface area contributed by atoms with Gasteiger partial charge in [0.05, 0.1) is 12.7 Å². The second-order valence-electron chi connectivity index (χ2n) is 11.7. The average molecular weight is 705 g/mol. The number of hydrogen-bond donors (Lipinski definition) is 6. The minimum Gasteiger partial charge on any atom is -0.387 e. The maximum Gasteiger partial charge on any atom is 0.332 e. The number of nitrogens with zero attached hydrogens (tertiary/aromatic N) is 8. The monoisotopic (exact) mass is 704 g/mol. The molecule has 3 amide bonds. The van der Waals surface area contributed by atoms with Crippen molar-refractivity contribution in [3.05, 3.63) is 62.8 Å². The minimum absolute atomic E-state index is 0.0643. The molecule has 20 heteroatoms. The van der Waals surface area contributed by atoms with Crippen molar-refractivity contribution in [2.45, 2.75) is 64.8 Å². The lowest BCUT2D eigenvalue weighted by Crippen LogP contribution is -2.42. The van der Waals surface area contributed by atoms with Crippen molar-refractivity contribution in [1.29, 1.82) is 0 Å². The number of anilines is 3. The summed E-state index contributed by atoms with van der Waals surface area (Å²) in [5, 5.41) is 28.9. The second kappa shape index (κ2) is 13.7. The summed E-state index contributed by atoms with van der Waals surface area (Å²) in [6.45, 7) is 5.86. The Morgan fingerprint density at radius 3 is 2.31 bits per heavy atom. The molecule has 1 saturated heterocycles. The fourth-order valence-corrected chi connectivity index (χ4v) is 5.94. The molecule has 5 aromatic rings. The lowest BCUT2D eigenvalue weighted by atomic mass is 10.1. The number of nitrogens with two attached hydrogens (primary N) is 1. The molecular weight excluding hydrogens is 668 g/mol. The van der Waals surface area contributed by atoms with Crippen molar-refractivity contribution in [3.8, 4) is 0 Å². The number of carbonyl (C=O) groups excluding carboxylic acids is 3. The Bertz CT molecular complexity index is 2290. The highest BCUT2D eigenvalue weighted by molar-refractivity contribution is 6.03. The van der Waals surface area contributed by atoms with Gasteiger partial charge >= 0.3 is 5.69 Å². The third-order valence-corrected chi connectivity index (χ3v) is 8.48. The molecular formula is C31H36N12O8. The molecule has 0 aliphatic carbocycles. The van der Waals surface area contributed by atoms with E-state index in [1.54, 1.807) is 45.0 Å². The van der Waals surface area contributed by atoms with Crippen molar-refractivity contribution in [2.75, 3.05) is 22.9 Å². The number of amides is 3. The largest absolute Gasteiger partial charge is 0.387 e. The highest BCUT2D eigenvalue weighted by atomic mass is 16.6. The Morgan fingerprint density at radius 2 is 1.65 bits per heavy atom. The molecule has 51 heavy (non-hydrogen) atoms. The first-order valence-corrected chi connectivity index (χ1v) is 16.1. The number of nitrogens with one attached hydrogen (secondary N) is 3. The number of rotatable bonds is 10. The van der Waals surface area contributed by atoms with Crippen LogP contribution >= 0.6 is 0 Å². The molecule has 6 rings (SSSR count). The Hall–Kier alpha value is -5.99. The number of benzene rings is 1. The lowest BCUT2D eigenvalue weighted by Gasteiger charge is -2.16. The van der Waals surface area contributed by atoms with Crippen LogP contribution in [0.25, 0.3) is 22.3 Å². The van der Waals surface area contributed by atoms with E-state index in [1.807, 2.05) is 0 Å². The van der Waals surface area contributed by atoms with Gasteiger partial charge in [0.25, 0.3) is 17.4 Å². The van der Waals surface area contributed by atoms with Gasteiger partial charge in [-0.25, -0.2) is 14.8 Å². The number of imidazole rings is 2. The molecule has 0 spiro atoms. The van der Waals surface area contributed by atoms with Gasteiger partial charge in [-0.3, -0.25) is 38.2 Å². The summed E-state index contributed by atoms with van der Waals surface area (Å²) in [6.07, 6.45) is -4.43. The van der Waals surface area contributed by atoms with Crippen molar-refractivity contribution >= 4 is 57.5 Å². The SMILES string of the molecule is CCNC(=O)[C@H]1O[C@@H](n2cnc3c(N)nc(NC(=O)Cc4ccc(NC(=O)c5nc6c(c(=O)n(CC)c(=O)n6CC)n5C)cc4)nc32)[C@H](O)[C@@H]1O. The summed E-state index contributed by atoms with van der Waals surface area (Å²) in [5.74, 6) is -2.00. The molecule has 268 valence electrons. The lowest BCUT2D eigenvalue weighted by molar-refractivity contribution is -0.137. The molecule has 1 fully saturated rings. The summed E-state index contributed by atoms with van der Waals surface area (Å²) in [7, 11) is 1.53. The van der Waals surface area contributed by atoms with Crippen LogP contribution in [0.4, 0.5) is 17.5 Å². The van der Waals surface area contributed by atoms with E-state index in [1.165, 1.54) is 27.1 Å². The summed E-state index contributed by atoms with van der Waals surface area (Å²) < 4.78 is 10.7. The number of ether oxygens (including phenoxy) is 1. The van der Waals surface area contributed by atoms with Crippen molar-refractivity contribution in [3.63, 3.8) is 0 Å². The Labute approximate surface area is 287 Å². The second-order valence-corrected chi connectivity index (χ2v) is 11.7. The van der Waals surface area contributed by atoms with Crippen LogP contribution in [0.1, 0.15) is 43.2 Å². The van der Waals surface area contributed by atoms with E-state index in [0.717, 1.165) is 4.57 Å². The number of aromatic nitrogens is 8. The van der Waals surface area contributed by atoms with Gasteiger partial charge in [0.1, 0.15) is 17.7 Å². The first kappa shape index (κ1) is 34.9. The molecule has 0 radical (unpaired) electrons. The molecule has 0 saturated carbocycles. The smallest absolute Gasteiger partial charge is 0.332 e. The van der Waals surface area contributed by atoms with Gasteiger partial charge in [-0.05, 0) is 38.5 Å².